The number of nitrogens with one attached hydrogen (secondary N) is 2. The molecule has 1 aliphatic rings. The lowest BCUT2D eigenvalue weighted by Gasteiger charge is -2.14. The van der Waals surface area contributed by atoms with Crippen LogP contribution in [-0.4, -0.2) is 18.5 Å². The smallest absolute Gasteiger partial charge is 0.220 e. The molecule has 1 unspecified atom stereocenters. The fraction of sp³-hybridized carbons (Fsp3) is 0.500. The molecule has 1 amide bonds. The first kappa shape index (κ1) is 12.0. The fourth-order valence-electron chi connectivity index (χ4n) is 2.08. The molecule has 1 atom stereocenters. The van der Waals surface area contributed by atoms with Gasteiger partial charge in [-0.1, -0.05) is 26.0 Å². The largest absolute Gasteiger partial charge is 0.383 e. The van der Waals surface area contributed by atoms with Crippen molar-refractivity contribution in [3.05, 3.63) is 29.8 Å². The van der Waals surface area contributed by atoms with Gasteiger partial charge in [-0.3, -0.25) is 4.79 Å². The molecule has 1 heterocycles. The lowest BCUT2D eigenvalue weighted by molar-refractivity contribution is -0.119. The normalized spacial score (nSPS) is 19.5. The second-order valence-electron chi connectivity index (χ2n) is 4.96. The first-order valence-electron chi connectivity index (χ1n) is 6.28. The third-order valence-corrected chi connectivity index (χ3v) is 3.19. The third-order valence-electron chi connectivity index (χ3n) is 3.19. The van der Waals surface area contributed by atoms with E-state index in [1.807, 2.05) is 0 Å². The minimum Gasteiger partial charge on any atom is -0.383 e. The molecule has 0 aromatic heterocycles. The Kier molecular flexibility index (Phi) is 3.67. The summed E-state index contributed by atoms with van der Waals surface area (Å²) in [6, 6.07) is 8.76. The highest BCUT2D eigenvalue weighted by molar-refractivity contribution is 5.78. The Bertz CT molecular complexity index is 401. The molecular weight excluding hydrogens is 212 g/mol. The van der Waals surface area contributed by atoms with E-state index in [-0.39, 0.29) is 11.9 Å². The van der Waals surface area contributed by atoms with Gasteiger partial charge >= 0.3 is 0 Å². The van der Waals surface area contributed by atoms with E-state index in [0.29, 0.717) is 12.3 Å². The van der Waals surface area contributed by atoms with Crippen molar-refractivity contribution in [1.29, 1.82) is 0 Å². The van der Waals surface area contributed by atoms with Gasteiger partial charge in [0.15, 0.2) is 0 Å². The molecule has 0 spiro atoms. The topological polar surface area (TPSA) is 41.1 Å². The molecule has 1 aliphatic heterocycles. The van der Waals surface area contributed by atoms with Crippen LogP contribution in [0.2, 0.25) is 0 Å². The molecule has 0 bridgehead atoms. The standard InChI is InChI=1S/C14H20N2O/c1-10(2)11-4-3-5-12(8-11)15-9-13-6-7-14(17)16-13/h3-5,8,10,13,15H,6-7,9H2,1-2H3,(H,16,17). The average molecular weight is 232 g/mol. The van der Waals surface area contributed by atoms with Gasteiger partial charge in [-0.2, -0.15) is 0 Å². The molecule has 3 nitrogen and oxygen atoms in total. The van der Waals surface area contributed by atoms with E-state index >= 15 is 0 Å². The van der Waals surface area contributed by atoms with Gasteiger partial charge < -0.3 is 10.6 Å². The van der Waals surface area contributed by atoms with Crippen LogP contribution in [0.1, 0.15) is 38.2 Å². The monoisotopic (exact) mass is 232 g/mol. The molecule has 2 rings (SSSR count). The van der Waals surface area contributed by atoms with E-state index in [9.17, 15) is 4.79 Å². The Morgan fingerprint density at radius 2 is 2.29 bits per heavy atom. The number of hydrogen-bond acceptors (Lipinski definition) is 2. The predicted octanol–water partition coefficient (Wildman–Crippen LogP) is 2.50. The van der Waals surface area contributed by atoms with Crippen molar-refractivity contribution in [2.24, 2.45) is 0 Å². The molecule has 1 saturated heterocycles. The van der Waals surface area contributed by atoms with Gasteiger partial charge in [0.1, 0.15) is 0 Å². The number of amides is 1. The van der Waals surface area contributed by atoms with Crippen LogP contribution in [0.4, 0.5) is 5.69 Å². The van der Waals surface area contributed by atoms with Gasteiger partial charge in [0.2, 0.25) is 5.91 Å². The summed E-state index contributed by atoms with van der Waals surface area (Å²) in [5.41, 5.74) is 2.47. The third kappa shape index (κ3) is 3.22. The summed E-state index contributed by atoms with van der Waals surface area (Å²) in [6.45, 7) is 5.19. The maximum absolute atomic E-state index is 11.1. The number of carbonyl (C=O) groups excluding carboxylic acids is 1. The van der Waals surface area contributed by atoms with Crippen molar-refractivity contribution >= 4 is 11.6 Å². The van der Waals surface area contributed by atoms with Crippen LogP contribution in [-0.2, 0) is 4.79 Å². The molecule has 2 N–H and O–H groups in total. The summed E-state index contributed by atoms with van der Waals surface area (Å²) in [6.07, 6.45) is 1.61. The van der Waals surface area contributed by atoms with Crippen LogP contribution in [0.5, 0.6) is 0 Å². The maximum Gasteiger partial charge on any atom is 0.220 e. The van der Waals surface area contributed by atoms with Crippen molar-refractivity contribution in [2.75, 3.05) is 11.9 Å². The van der Waals surface area contributed by atoms with Crippen molar-refractivity contribution in [3.63, 3.8) is 0 Å². The summed E-state index contributed by atoms with van der Waals surface area (Å²) in [5, 5.41) is 6.35. The Labute approximate surface area is 103 Å². The lowest BCUT2D eigenvalue weighted by atomic mass is 10.0. The van der Waals surface area contributed by atoms with E-state index in [1.165, 1.54) is 5.56 Å². The highest BCUT2D eigenvalue weighted by Gasteiger charge is 2.19. The number of hydrogen-bond donors (Lipinski definition) is 2. The highest BCUT2D eigenvalue weighted by Crippen LogP contribution is 2.18. The van der Waals surface area contributed by atoms with Gasteiger partial charge in [-0.05, 0) is 30.0 Å². The number of anilines is 1. The molecular formula is C14H20N2O. The summed E-state index contributed by atoms with van der Waals surface area (Å²) in [5.74, 6) is 0.718. The minimum atomic E-state index is 0.174. The molecule has 1 fully saturated rings. The van der Waals surface area contributed by atoms with E-state index in [2.05, 4.69) is 48.7 Å². The number of carbonyl (C=O) groups is 1. The van der Waals surface area contributed by atoms with Gasteiger partial charge in [0.25, 0.3) is 0 Å². The first-order valence-corrected chi connectivity index (χ1v) is 6.28. The second kappa shape index (κ2) is 5.21. The quantitative estimate of drug-likeness (QED) is 0.837. The van der Waals surface area contributed by atoms with Crippen LogP contribution in [0.3, 0.4) is 0 Å². The minimum absolute atomic E-state index is 0.174. The van der Waals surface area contributed by atoms with Gasteiger partial charge in [-0.25, -0.2) is 0 Å². The second-order valence-corrected chi connectivity index (χ2v) is 4.96. The molecule has 92 valence electrons. The van der Waals surface area contributed by atoms with Crippen LogP contribution in [0.15, 0.2) is 24.3 Å². The van der Waals surface area contributed by atoms with E-state index in [1.54, 1.807) is 0 Å². The lowest BCUT2D eigenvalue weighted by Crippen LogP contribution is -2.31. The van der Waals surface area contributed by atoms with E-state index in [0.717, 1.165) is 18.7 Å². The highest BCUT2D eigenvalue weighted by atomic mass is 16.1. The number of rotatable bonds is 4. The van der Waals surface area contributed by atoms with Gasteiger partial charge in [0.05, 0.1) is 0 Å². The van der Waals surface area contributed by atoms with Crippen LogP contribution in [0.25, 0.3) is 0 Å². The zero-order valence-electron chi connectivity index (χ0n) is 10.5. The Morgan fingerprint density at radius 1 is 1.47 bits per heavy atom. The van der Waals surface area contributed by atoms with E-state index < -0.39 is 0 Å². The molecule has 0 radical (unpaired) electrons. The van der Waals surface area contributed by atoms with Crippen molar-refractivity contribution in [1.82, 2.24) is 5.32 Å². The maximum atomic E-state index is 11.1. The van der Waals surface area contributed by atoms with Crippen molar-refractivity contribution in [2.45, 2.75) is 38.6 Å². The number of benzene rings is 1. The average Bonchev–Trinajstić information content (AvgIpc) is 2.73. The Morgan fingerprint density at radius 3 is 2.94 bits per heavy atom. The molecule has 0 saturated carbocycles. The molecule has 0 aliphatic carbocycles. The van der Waals surface area contributed by atoms with Crippen LogP contribution < -0.4 is 10.6 Å². The van der Waals surface area contributed by atoms with Crippen molar-refractivity contribution < 1.29 is 4.79 Å². The van der Waals surface area contributed by atoms with E-state index in [4.69, 9.17) is 0 Å². The van der Waals surface area contributed by atoms with Crippen LogP contribution >= 0.6 is 0 Å². The zero-order chi connectivity index (χ0) is 12.3. The predicted molar refractivity (Wildman–Crippen MR) is 70.2 cm³/mol. The fourth-order valence-corrected chi connectivity index (χ4v) is 2.08. The Hall–Kier alpha value is -1.51. The summed E-state index contributed by atoms with van der Waals surface area (Å²) in [7, 11) is 0. The van der Waals surface area contributed by atoms with Crippen LogP contribution in [0, 0.1) is 0 Å². The Balaban J connectivity index is 1.90. The molecule has 1 aromatic rings. The van der Waals surface area contributed by atoms with Gasteiger partial charge in [0, 0.05) is 24.7 Å². The van der Waals surface area contributed by atoms with Crippen molar-refractivity contribution in [3.8, 4) is 0 Å². The summed E-state index contributed by atoms with van der Waals surface area (Å²) < 4.78 is 0. The molecule has 3 heteroatoms. The summed E-state index contributed by atoms with van der Waals surface area (Å²) >= 11 is 0. The first-order chi connectivity index (χ1) is 8.15. The molecule has 1 aromatic carbocycles. The zero-order valence-corrected chi connectivity index (χ0v) is 10.5. The summed E-state index contributed by atoms with van der Waals surface area (Å²) in [4.78, 5) is 11.1. The SMILES string of the molecule is CC(C)c1cccc(NCC2CCC(=O)N2)c1. The molecule has 17 heavy (non-hydrogen) atoms. The van der Waals surface area contributed by atoms with Gasteiger partial charge in [-0.15, -0.1) is 0 Å².